The van der Waals surface area contributed by atoms with Gasteiger partial charge >= 0.3 is 6.18 Å². The fourth-order valence-electron chi connectivity index (χ4n) is 3.78. The number of benzene rings is 2. The lowest BCUT2D eigenvalue weighted by atomic mass is 9.99. The monoisotopic (exact) mass is 420 g/mol. The number of hydrogen-bond donors (Lipinski definition) is 0. The molecule has 1 aliphatic heterocycles. The lowest BCUT2D eigenvalue weighted by Gasteiger charge is -2.35. The zero-order valence-electron chi connectivity index (χ0n) is 17.6. The molecule has 0 radical (unpaired) electrons. The van der Waals surface area contributed by atoms with Gasteiger partial charge in [0, 0.05) is 38.3 Å². The molecule has 1 saturated heterocycles. The zero-order chi connectivity index (χ0) is 21.9. The van der Waals surface area contributed by atoms with E-state index in [0.29, 0.717) is 18.7 Å². The number of alkyl halides is 3. The second-order valence-electron chi connectivity index (χ2n) is 7.64. The van der Waals surface area contributed by atoms with Crippen molar-refractivity contribution in [1.82, 2.24) is 9.80 Å². The van der Waals surface area contributed by atoms with Crippen LogP contribution < -0.4 is 4.74 Å². The van der Waals surface area contributed by atoms with Crippen molar-refractivity contribution in [1.29, 1.82) is 0 Å². The summed E-state index contributed by atoms with van der Waals surface area (Å²) < 4.78 is 43.4. The molecule has 0 aliphatic carbocycles. The Labute approximate surface area is 175 Å². The van der Waals surface area contributed by atoms with Crippen LogP contribution in [0.25, 0.3) is 0 Å². The van der Waals surface area contributed by atoms with Crippen LogP contribution in [-0.2, 0) is 12.6 Å². The summed E-state index contributed by atoms with van der Waals surface area (Å²) >= 11 is 0. The van der Waals surface area contributed by atoms with Crippen molar-refractivity contribution in [3.8, 4) is 5.75 Å². The lowest BCUT2D eigenvalue weighted by molar-refractivity contribution is -0.137. The molecule has 1 aliphatic rings. The van der Waals surface area contributed by atoms with Crippen LogP contribution in [0.5, 0.6) is 5.75 Å². The maximum absolute atomic E-state index is 12.7. The van der Waals surface area contributed by atoms with E-state index in [-0.39, 0.29) is 5.91 Å². The Morgan fingerprint density at radius 1 is 0.967 bits per heavy atom. The summed E-state index contributed by atoms with van der Waals surface area (Å²) in [5.74, 6) is 0.677. The predicted octanol–water partition coefficient (Wildman–Crippen LogP) is 4.33. The largest absolute Gasteiger partial charge is 0.496 e. The Hall–Kier alpha value is -2.54. The molecule has 0 atom stereocenters. The molecule has 0 aromatic heterocycles. The Kier molecular flexibility index (Phi) is 6.71. The molecule has 162 valence electrons. The number of methoxy groups -OCH3 is 1. The van der Waals surface area contributed by atoms with Crippen LogP contribution in [0, 0.1) is 13.8 Å². The minimum absolute atomic E-state index is 0.218. The normalized spacial score (nSPS) is 15.3. The minimum atomic E-state index is -4.39. The smallest absolute Gasteiger partial charge is 0.416 e. The van der Waals surface area contributed by atoms with E-state index in [2.05, 4.69) is 24.8 Å². The molecular weight excluding hydrogens is 393 g/mol. The molecule has 1 heterocycles. The fraction of sp³-hybridized carbons (Fsp3) is 0.435. The highest BCUT2D eigenvalue weighted by Crippen LogP contribution is 2.29. The van der Waals surface area contributed by atoms with E-state index < -0.39 is 11.7 Å². The van der Waals surface area contributed by atoms with Crippen molar-refractivity contribution in [3.63, 3.8) is 0 Å². The number of hydrogen-bond acceptors (Lipinski definition) is 3. The number of halogens is 3. The van der Waals surface area contributed by atoms with Gasteiger partial charge in [-0.25, -0.2) is 0 Å². The minimum Gasteiger partial charge on any atom is -0.496 e. The first kappa shape index (κ1) is 22.2. The Morgan fingerprint density at radius 2 is 1.60 bits per heavy atom. The van der Waals surface area contributed by atoms with Crippen LogP contribution in [0.1, 0.15) is 32.6 Å². The number of piperazine rings is 1. The number of nitrogens with zero attached hydrogens (tertiary/aromatic N) is 2. The summed E-state index contributed by atoms with van der Waals surface area (Å²) in [6.07, 6.45) is -3.47. The molecule has 0 spiro atoms. The van der Waals surface area contributed by atoms with Crippen LogP contribution in [0.4, 0.5) is 13.2 Å². The van der Waals surface area contributed by atoms with Crippen molar-refractivity contribution in [3.05, 3.63) is 64.2 Å². The van der Waals surface area contributed by atoms with Crippen LogP contribution in [0.15, 0.2) is 36.4 Å². The molecule has 0 saturated carbocycles. The van der Waals surface area contributed by atoms with Crippen molar-refractivity contribution in [2.24, 2.45) is 0 Å². The van der Waals surface area contributed by atoms with Crippen molar-refractivity contribution in [2.45, 2.75) is 26.4 Å². The van der Waals surface area contributed by atoms with Crippen LogP contribution >= 0.6 is 0 Å². The average molecular weight is 420 g/mol. The third kappa shape index (κ3) is 4.95. The fourth-order valence-corrected chi connectivity index (χ4v) is 3.78. The summed E-state index contributed by atoms with van der Waals surface area (Å²) in [6.45, 7) is 7.70. The van der Waals surface area contributed by atoms with Crippen LogP contribution in [0.3, 0.4) is 0 Å². The van der Waals surface area contributed by atoms with Crippen molar-refractivity contribution >= 4 is 5.91 Å². The summed E-state index contributed by atoms with van der Waals surface area (Å²) in [5, 5.41) is 0. The molecule has 2 aromatic rings. The van der Waals surface area contributed by atoms with Gasteiger partial charge in [0.05, 0.1) is 12.7 Å². The number of rotatable bonds is 5. The maximum Gasteiger partial charge on any atom is 0.416 e. The number of ether oxygens (including phenoxy) is 1. The van der Waals surface area contributed by atoms with Crippen LogP contribution in [0.2, 0.25) is 0 Å². The summed E-state index contributed by atoms with van der Waals surface area (Å²) in [5.41, 5.74) is 3.23. The SMILES string of the molecule is COc1ccc(CCN2CCN(C(=O)c3ccc(C(F)(F)F)cc3)CC2)c(C)c1C. The molecule has 0 unspecified atom stereocenters. The summed E-state index contributed by atoms with van der Waals surface area (Å²) in [7, 11) is 1.67. The first-order valence-electron chi connectivity index (χ1n) is 10.0. The number of carbonyl (C=O) groups is 1. The van der Waals surface area contributed by atoms with E-state index in [1.807, 2.05) is 6.07 Å². The number of amides is 1. The molecule has 30 heavy (non-hydrogen) atoms. The molecule has 0 bridgehead atoms. The standard InChI is InChI=1S/C23H27F3N2O2/c1-16-17(2)21(30-3)9-6-18(16)10-11-27-12-14-28(15-13-27)22(29)19-4-7-20(8-5-19)23(24,25)26/h4-9H,10-15H2,1-3H3. The molecule has 0 N–H and O–H groups in total. The van der Waals surface area contributed by atoms with Crippen molar-refractivity contribution in [2.75, 3.05) is 39.8 Å². The molecule has 3 rings (SSSR count). The highest BCUT2D eigenvalue weighted by molar-refractivity contribution is 5.94. The third-order valence-electron chi connectivity index (χ3n) is 5.89. The number of carbonyl (C=O) groups excluding carboxylic acids is 1. The van der Waals surface area contributed by atoms with Gasteiger partial charge in [0.15, 0.2) is 0 Å². The highest BCUT2D eigenvalue weighted by Gasteiger charge is 2.30. The van der Waals surface area contributed by atoms with Gasteiger partial charge < -0.3 is 9.64 Å². The first-order chi connectivity index (χ1) is 14.2. The second-order valence-corrected chi connectivity index (χ2v) is 7.64. The first-order valence-corrected chi connectivity index (χ1v) is 10.0. The Balaban J connectivity index is 1.52. The van der Waals surface area contributed by atoms with Gasteiger partial charge in [-0.05, 0) is 67.3 Å². The molecule has 1 fully saturated rings. The lowest BCUT2D eigenvalue weighted by Crippen LogP contribution is -2.49. The van der Waals surface area contributed by atoms with E-state index >= 15 is 0 Å². The highest BCUT2D eigenvalue weighted by atomic mass is 19.4. The van der Waals surface area contributed by atoms with E-state index in [0.717, 1.165) is 49.5 Å². The van der Waals surface area contributed by atoms with Gasteiger partial charge in [0.1, 0.15) is 5.75 Å². The molecule has 4 nitrogen and oxygen atoms in total. The quantitative estimate of drug-likeness (QED) is 0.722. The topological polar surface area (TPSA) is 32.8 Å². The summed E-state index contributed by atoms with van der Waals surface area (Å²) in [4.78, 5) is 16.6. The Morgan fingerprint density at radius 3 is 2.17 bits per heavy atom. The van der Waals surface area contributed by atoms with E-state index in [4.69, 9.17) is 4.74 Å². The molecule has 1 amide bonds. The van der Waals surface area contributed by atoms with Crippen molar-refractivity contribution < 1.29 is 22.7 Å². The van der Waals surface area contributed by atoms with Gasteiger partial charge in [0.2, 0.25) is 0 Å². The Bertz CT molecular complexity index is 887. The van der Waals surface area contributed by atoms with Gasteiger partial charge in [-0.1, -0.05) is 6.07 Å². The molecule has 2 aromatic carbocycles. The van der Waals surface area contributed by atoms with E-state index in [1.165, 1.54) is 23.3 Å². The molecular formula is C23H27F3N2O2. The summed E-state index contributed by atoms with van der Waals surface area (Å²) in [6, 6.07) is 8.54. The third-order valence-corrected chi connectivity index (χ3v) is 5.89. The van der Waals surface area contributed by atoms with Gasteiger partial charge in [-0.2, -0.15) is 13.2 Å². The second kappa shape index (κ2) is 9.08. The van der Waals surface area contributed by atoms with Crippen LogP contribution in [-0.4, -0.2) is 55.5 Å². The van der Waals surface area contributed by atoms with E-state index in [9.17, 15) is 18.0 Å². The molecule has 7 heteroatoms. The predicted molar refractivity (Wildman–Crippen MR) is 110 cm³/mol. The van der Waals surface area contributed by atoms with Gasteiger partial charge in [-0.15, -0.1) is 0 Å². The van der Waals surface area contributed by atoms with Gasteiger partial charge in [0.25, 0.3) is 5.91 Å². The maximum atomic E-state index is 12.7. The van der Waals surface area contributed by atoms with Gasteiger partial charge in [-0.3, -0.25) is 9.69 Å². The zero-order valence-corrected chi connectivity index (χ0v) is 17.6. The van der Waals surface area contributed by atoms with E-state index in [1.54, 1.807) is 12.0 Å². The average Bonchev–Trinajstić information content (AvgIpc) is 2.74.